The molecule has 0 N–H and O–H groups in total. The predicted molar refractivity (Wildman–Crippen MR) is 242 cm³/mol. The van der Waals surface area contributed by atoms with Crippen molar-refractivity contribution in [2.45, 2.75) is 38.5 Å². The molecule has 57 heavy (non-hydrogen) atoms. The lowest BCUT2D eigenvalue weighted by Crippen LogP contribution is -2.18. The lowest BCUT2D eigenvalue weighted by molar-refractivity contribution is 0.660. The Morgan fingerprint density at radius 2 is 0.842 bits per heavy atom. The van der Waals surface area contributed by atoms with Crippen LogP contribution in [0.15, 0.2) is 188 Å². The van der Waals surface area contributed by atoms with Gasteiger partial charge in [0.1, 0.15) is 0 Å². The van der Waals surface area contributed by atoms with E-state index in [1.54, 1.807) is 0 Å². The molecule has 9 aromatic carbocycles. The maximum atomic E-state index is 2.47. The van der Waals surface area contributed by atoms with Crippen LogP contribution in [-0.2, 0) is 10.8 Å². The molecule has 0 fully saturated rings. The van der Waals surface area contributed by atoms with Crippen molar-refractivity contribution in [3.63, 3.8) is 0 Å². The van der Waals surface area contributed by atoms with Gasteiger partial charge in [0.2, 0.25) is 0 Å². The predicted octanol–water partition coefficient (Wildman–Crippen LogP) is 15.4. The number of hydrogen-bond acceptors (Lipinski definition) is 1. The van der Waals surface area contributed by atoms with Crippen LogP contribution < -0.4 is 4.90 Å². The highest BCUT2D eigenvalue weighted by molar-refractivity contribution is 6.06. The number of hydrogen-bond donors (Lipinski definition) is 0. The summed E-state index contributed by atoms with van der Waals surface area (Å²) in [4.78, 5) is 2.47. The molecule has 9 aromatic rings. The van der Waals surface area contributed by atoms with Crippen molar-refractivity contribution in [2.75, 3.05) is 4.90 Å². The number of fused-ring (bicyclic) bond motifs is 9. The van der Waals surface area contributed by atoms with Crippen molar-refractivity contribution in [3.05, 3.63) is 210 Å². The van der Waals surface area contributed by atoms with E-state index in [-0.39, 0.29) is 10.8 Å². The zero-order valence-electron chi connectivity index (χ0n) is 32.8. The Bertz CT molecular complexity index is 3050. The van der Waals surface area contributed by atoms with Gasteiger partial charge in [-0.15, -0.1) is 0 Å². The summed E-state index contributed by atoms with van der Waals surface area (Å²) in [5, 5.41) is 5.16. The standard InChI is InChI=1S/C56H43N/c1-55(2)50-23-11-10-20-46(50)47-32-29-41(34-51(47)55)57(42-30-33-48-49-31-26-37-16-8-9-19-45(37)54(49)56(3,4)52(48)35-42)40-27-24-38(25-28-40)44-22-13-18-39-17-12-21-43(53(39)44)36-14-6-5-7-15-36/h5-35H,1-4H3. The minimum atomic E-state index is -0.163. The zero-order chi connectivity index (χ0) is 38.5. The first-order chi connectivity index (χ1) is 27.8. The Morgan fingerprint density at radius 3 is 1.56 bits per heavy atom. The van der Waals surface area contributed by atoms with Crippen LogP contribution in [0.3, 0.4) is 0 Å². The van der Waals surface area contributed by atoms with Crippen LogP contribution in [-0.4, -0.2) is 0 Å². The fourth-order valence-electron chi connectivity index (χ4n) is 10.2. The first kappa shape index (κ1) is 33.6. The number of benzene rings is 9. The van der Waals surface area contributed by atoms with Gasteiger partial charge in [0, 0.05) is 27.9 Å². The van der Waals surface area contributed by atoms with Crippen molar-refractivity contribution in [1.29, 1.82) is 0 Å². The smallest absolute Gasteiger partial charge is 0.0465 e. The Morgan fingerprint density at radius 1 is 0.333 bits per heavy atom. The summed E-state index contributed by atoms with van der Waals surface area (Å²) in [6.45, 7) is 9.54. The average molecular weight is 730 g/mol. The molecule has 1 heteroatoms. The van der Waals surface area contributed by atoms with Gasteiger partial charge in [-0.1, -0.05) is 179 Å². The van der Waals surface area contributed by atoms with E-state index in [9.17, 15) is 0 Å². The van der Waals surface area contributed by atoms with Gasteiger partial charge in [0.25, 0.3) is 0 Å². The molecule has 11 rings (SSSR count). The molecular weight excluding hydrogens is 687 g/mol. The van der Waals surface area contributed by atoms with E-state index in [2.05, 4.69) is 221 Å². The summed E-state index contributed by atoms with van der Waals surface area (Å²) >= 11 is 0. The third-order valence-electron chi connectivity index (χ3n) is 13.0. The summed E-state index contributed by atoms with van der Waals surface area (Å²) in [7, 11) is 0. The molecule has 0 heterocycles. The average Bonchev–Trinajstić information content (AvgIpc) is 3.63. The molecule has 2 aliphatic carbocycles. The Labute approximate surface area is 335 Å². The topological polar surface area (TPSA) is 3.24 Å². The van der Waals surface area contributed by atoms with Crippen LogP contribution in [0.4, 0.5) is 17.1 Å². The Kier molecular flexibility index (Phi) is 7.32. The van der Waals surface area contributed by atoms with Crippen molar-refractivity contribution in [2.24, 2.45) is 0 Å². The Balaban J connectivity index is 1.08. The first-order valence-corrected chi connectivity index (χ1v) is 20.2. The van der Waals surface area contributed by atoms with E-state index in [0.29, 0.717) is 0 Å². The molecule has 0 atom stereocenters. The summed E-state index contributed by atoms with van der Waals surface area (Å²) in [6, 6.07) is 70.0. The lowest BCUT2D eigenvalue weighted by atomic mass is 9.80. The van der Waals surface area contributed by atoms with Crippen LogP contribution in [0.5, 0.6) is 0 Å². The molecule has 0 spiro atoms. The monoisotopic (exact) mass is 729 g/mol. The van der Waals surface area contributed by atoms with Crippen LogP contribution in [0.1, 0.15) is 49.9 Å². The second-order valence-electron chi connectivity index (χ2n) is 16.9. The fourth-order valence-corrected chi connectivity index (χ4v) is 10.2. The molecule has 0 radical (unpaired) electrons. The van der Waals surface area contributed by atoms with Gasteiger partial charge in [0.15, 0.2) is 0 Å². The van der Waals surface area contributed by atoms with Crippen molar-refractivity contribution in [3.8, 4) is 44.5 Å². The lowest BCUT2D eigenvalue weighted by Gasteiger charge is -2.30. The van der Waals surface area contributed by atoms with E-state index in [1.807, 2.05) is 0 Å². The SMILES string of the molecule is CC1(C)c2ccccc2-c2ccc(N(c3ccc(-c4cccc5cccc(-c6ccccc6)c45)cc3)c3ccc4c(c3)C(C)(C)c3c-4ccc4ccccc34)cc21. The minimum absolute atomic E-state index is 0.106. The highest BCUT2D eigenvalue weighted by atomic mass is 15.1. The maximum absolute atomic E-state index is 2.47. The van der Waals surface area contributed by atoms with Crippen molar-refractivity contribution >= 4 is 38.6 Å². The molecule has 0 aromatic heterocycles. The largest absolute Gasteiger partial charge is 0.310 e. The van der Waals surface area contributed by atoms with Gasteiger partial charge < -0.3 is 4.90 Å². The van der Waals surface area contributed by atoms with E-state index in [4.69, 9.17) is 0 Å². The summed E-state index contributed by atoms with van der Waals surface area (Å²) in [5.74, 6) is 0. The quantitative estimate of drug-likeness (QED) is 0.170. The van der Waals surface area contributed by atoms with E-state index >= 15 is 0 Å². The van der Waals surface area contributed by atoms with Gasteiger partial charge in [-0.25, -0.2) is 0 Å². The molecule has 2 aliphatic rings. The zero-order valence-corrected chi connectivity index (χ0v) is 32.8. The van der Waals surface area contributed by atoms with Crippen LogP contribution in [0.25, 0.3) is 66.1 Å². The third kappa shape index (κ3) is 5.02. The number of nitrogens with zero attached hydrogens (tertiary/aromatic N) is 1. The van der Waals surface area contributed by atoms with Crippen LogP contribution in [0.2, 0.25) is 0 Å². The normalized spacial score (nSPS) is 14.2. The van der Waals surface area contributed by atoms with Gasteiger partial charge in [0.05, 0.1) is 0 Å². The van der Waals surface area contributed by atoms with E-state index in [1.165, 1.54) is 88.3 Å². The van der Waals surface area contributed by atoms with Gasteiger partial charge in [-0.3, -0.25) is 0 Å². The summed E-state index contributed by atoms with van der Waals surface area (Å²) in [6.07, 6.45) is 0. The number of rotatable bonds is 5. The second kappa shape index (κ2) is 12.4. The molecule has 0 bridgehead atoms. The summed E-state index contributed by atoms with van der Waals surface area (Å²) in [5.41, 5.74) is 19.0. The molecule has 1 nitrogen and oxygen atoms in total. The highest BCUT2D eigenvalue weighted by Crippen LogP contribution is 2.54. The third-order valence-corrected chi connectivity index (χ3v) is 13.0. The van der Waals surface area contributed by atoms with E-state index in [0.717, 1.165) is 17.1 Å². The summed E-state index contributed by atoms with van der Waals surface area (Å²) < 4.78 is 0. The van der Waals surface area contributed by atoms with E-state index < -0.39 is 0 Å². The number of anilines is 3. The molecule has 272 valence electrons. The van der Waals surface area contributed by atoms with Crippen LogP contribution in [0, 0.1) is 0 Å². The van der Waals surface area contributed by atoms with Gasteiger partial charge >= 0.3 is 0 Å². The first-order valence-electron chi connectivity index (χ1n) is 20.2. The fraction of sp³-hybridized carbons (Fsp3) is 0.107. The molecule has 0 unspecified atom stereocenters. The highest BCUT2D eigenvalue weighted by Gasteiger charge is 2.38. The second-order valence-corrected chi connectivity index (χ2v) is 16.9. The minimum Gasteiger partial charge on any atom is -0.310 e. The molecule has 0 amide bonds. The maximum Gasteiger partial charge on any atom is 0.0465 e. The molecule has 0 aliphatic heterocycles. The Hall–Kier alpha value is -6.70. The van der Waals surface area contributed by atoms with Crippen molar-refractivity contribution in [1.82, 2.24) is 0 Å². The van der Waals surface area contributed by atoms with Gasteiger partial charge in [-0.05, 0) is 125 Å². The molecular formula is C56H43N. The molecule has 0 saturated carbocycles. The van der Waals surface area contributed by atoms with Gasteiger partial charge in [-0.2, -0.15) is 0 Å². The van der Waals surface area contributed by atoms with Crippen LogP contribution >= 0.6 is 0 Å². The molecule has 0 saturated heterocycles. The van der Waals surface area contributed by atoms with Crippen molar-refractivity contribution < 1.29 is 0 Å².